The third kappa shape index (κ3) is 2.20. The molecule has 1 fully saturated rings. The van der Waals surface area contributed by atoms with Crippen molar-refractivity contribution < 1.29 is 8.42 Å². The summed E-state index contributed by atoms with van der Waals surface area (Å²) in [6.45, 7) is 3.09. The Kier molecular flexibility index (Phi) is 3.55. The monoisotopic (exact) mass is 255 g/mol. The van der Waals surface area contributed by atoms with Crippen molar-refractivity contribution in [1.29, 1.82) is 0 Å². The van der Waals surface area contributed by atoms with Gasteiger partial charge in [0, 0.05) is 18.4 Å². The molecule has 1 atom stereocenters. The van der Waals surface area contributed by atoms with E-state index in [4.69, 9.17) is 0 Å². The minimum Gasteiger partial charge on any atom is -0.212 e. The van der Waals surface area contributed by atoms with Crippen LogP contribution in [0.5, 0.6) is 0 Å². The molecule has 12 heavy (non-hydrogen) atoms. The maximum absolute atomic E-state index is 11.4. The standard InChI is InChI=1S/C7H14BrNO2S/c1-2-12(10,11)9-4-3-7(5-8)6-9/h7H,2-6H2,1H3. The van der Waals surface area contributed by atoms with E-state index in [1.807, 2.05) is 0 Å². The number of rotatable bonds is 3. The van der Waals surface area contributed by atoms with Gasteiger partial charge in [0.05, 0.1) is 5.75 Å². The molecule has 1 rings (SSSR count). The summed E-state index contributed by atoms with van der Waals surface area (Å²) >= 11 is 3.37. The molecule has 1 aliphatic rings. The van der Waals surface area contributed by atoms with Gasteiger partial charge >= 0.3 is 0 Å². The van der Waals surface area contributed by atoms with Gasteiger partial charge in [-0.3, -0.25) is 0 Å². The van der Waals surface area contributed by atoms with Crippen LogP contribution in [-0.4, -0.2) is 36.9 Å². The zero-order valence-corrected chi connectivity index (χ0v) is 9.57. The maximum Gasteiger partial charge on any atom is 0.213 e. The molecule has 1 aliphatic heterocycles. The molecule has 72 valence electrons. The lowest BCUT2D eigenvalue weighted by molar-refractivity contribution is 0.467. The Bertz CT molecular complexity index is 240. The molecule has 0 radical (unpaired) electrons. The second-order valence-electron chi connectivity index (χ2n) is 3.07. The third-order valence-corrected chi connectivity index (χ3v) is 4.99. The lowest BCUT2D eigenvalue weighted by atomic mass is 10.2. The summed E-state index contributed by atoms with van der Waals surface area (Å²) in [7, 11) is -2.93. The quantitative estimate of drug-likeness (QED) is 0.708. The summed E-state index contributed by atoms with van der Waals surface area (Å²) < 4.78 is 24.3. The Morgan fingerprint density at radius 3 is 2.67 bits per heavy atom. The van der Waals surface area contributed by atoms with Crippen LogP contribution < -0.4 is 0 Å². The van der Waals surface area contributed by atoms with E-state index in [0.29, 0.717) is 19.0 Å². The lowest BCUT2D eigenvalue weighted by Gasteiger charge is -2.14. The van der Waals surface area contributed by atoms with Crippen LogP contribution in [0.3, 0.4) is 0 Å². The summed E-state index contributed by atoms with van der Waals surface area (Å²) in [5.41, 5.74) is 0. The van der Waals surface area contributed by atoms with Gasteiger partial charge in [-0.15, -0.1) is 0 Å². The molecule has 0 aromatic carbocycles. The van der Waals surface area contributed by atoms with Gasteiger partial charge in [-0.1, -0.05) is 15.9 Å². The van der Waals surface area contributed by atoms with E-state index in [-0.39, 0.29) is 5.75 Å². The molecule has 1 unspecified atom stereocenters. The van der Waals surface area contributed by atoms with Gasteiger partial charge in [-0.25, -0.2) is 12.7 Å². The predicted octanol–water partition coefficient (Wildman–Crippen LogP) is 1.05. The van der Waals surface area contributed by atoms with Gasteiger partial charge in [0.1, 0.15) is 0 Å². The first kappa shape index (κ1) is 10.5. The Hall–Kier alpha value is 0.390. The molecule has 0 aromatic rings. The smallest absolute Gasteiger partial charge is 0.212 e. The van der Waals surface area contributed by atoms with Gasteiger partial charge < -0.3 is 0 Å². The fraction of sp³-hybridized carbons (Fsp3) is 1.00. The SMILES string of the molecule is CCS(=O)(=O)N1CCC(CBr)C1. The van der Waals surface area contributed by atoms with E-state index >= 15 is 0 Å². The van der Waals surface area contributed by atoms with E-state index in [2.05, 4.69) is 15.9 Å². The highest BCUT2D eigenvalue weighted by atomic mass is 79.9. The van der Waals surface area contributed by atoms with Crippen LogP contribution >= 0.6 is 15.9 Å². The van der Waals surface area contributed by atoms with Gasteiger partial charge in [0.15, 0.2) is 0 Å². The highest BCUT2D eigenvalue weighted by molar-refractivity contribution is 9.09. The van der Waals surface area contributed by atoms with Gasteiger partial charge in [0.25, 0.3) is 0 Å². The predicted molar refractivity (Wildman–Crippen MR) is 52.9 cm³/mol. The highest BCUT2D eigenvalue weighted by Crippen LogP contribution is 2.20. The topological polar surface area (TPSA) is 37.4 Å². The van der Waals surface area contributed by atoms with Crippen LogP contribution in [-0.2, 0) is 10.0 Å². The van der Waals surface area contributed by atoms with E-state index < -0.39 is 10.0 Å². The average Bonchev–Trinajstić information content (AvgIpc) is 2.52. The summed E-state index contributed by atoms with van der Waals surface area (Å²) in [4.78, 5) is 0. The van der Waals surface area contributed by atoms with Crippen molar-refractivity contribution in [3.63, 3.8) is 0 Å². The molecular formula is C7H14BrNO2S. The van der Waals surface area contributed by atoms with Gasteiger partial charge in [-0.2, -0.15) is 0 Å². The van der Waals surface area contributed by atoms with Gasteiger partial charge in [-0.05, 0) is 19.3 Å². The second kappa shape index (κ2) is 4.07. The van der Waals surface area contributed by atoms with Crippen molar-refractivity contribution in [3.05, 3.63) is 0 Å². The number of sulfonamides is 1. The molecule has 1 saturated heterocycles. The number of hydrogen-bond acceptors (Lipinski definition) is 2. The first-order valence-corrected chi connectivity index (χ1v) is 6.87. The first-order chi connectivity index (χ1) is 5.60. The normalized spacial score (nSPS) is 26.3. The number of halogens is 1. The molecule has 5 heteroatoms. The minimum atomic E-state index is -2.93. The van der Waals surface area contributed by atoms with Crippen molar-refractivity contribution in [2.45, 2.75) is 13.3 Å². The van der Waals surface area contributed by atoms with Gasteiger partial charge in [0.2, 0.25) is 10.0 Å². The zero-order valence-electron chi connectivity index (χ0n) is 7.16. The van der Waals surface area contributed by atoms with Crippen molar-refractivity contribution in [2.24, 2.45) is 5.92 Å². The van der Waals surface area contributed by atoms with Crippen molar-refractivity contribution in [2.75, 3.05) is 24.2 Å². The molecule has 0 N–H and O–H groups in total. The molecule has 3 nitrogen and oxygen atoms in total. The van der Waals surface area contributed by atoms with E-state index in [1.54, 1.807) is 11.2 Å². The van der Waals surface area contributed by atoms with Crippen LogP contribution in [0.15, 0.2) is 0 Å². The van der Waals surface area contributed by atoms with Crippen LogP contribution in [0.25, 0.3) is 0 Å². The Morgan fingerprint density at radius 1 is 1.58 bits per heavy atom. The highest BCUT2D eigenvalue weighted by Gasteiger charge is 2.29. The Balaban J connectivity index is 2.58. The van der Waals surface area contributed by atoms with Crippen LogP contribution in [0.1, 0.15) is 13.3 Å². The molecule has 0 aliphatic carbocycles. The first-order valence-electron chi connectivity index (χ1n) is 4.14. The molecule has 0 amide bonds. The Morgan fingerprint density at radius 2 is 2.25 bits per heavy atom. The van der Waals surface area contributed by atoms with E-state index in [0.717, 1.165) is 11.8 Å². The zero-order chi connectivity index (χ0) is 9.19. The Labute approximate surface area is 82.3 Å². The van der Waals surface area contributed by atoms with Crippen LogP contribution in [0.2, 0.25) is 0 Å². The number of nitrogens with zero attached hydrogens (tertiary/aromatic N) is 1. The molecule has 0 bridgehead atoms. The average molecular weight is 256 g/mol. The maximum atomic E-state index is 11.4. The number of alkyl halides is 1. The lowest BCUT2D eigenvalue weighted by Crippen LogP contribution is -2.30. The number of hydrogen-bond donors (Lipinski definition) is 0. The summed E-state index contributed by atoms with van der Waals surface area (Å²) in [6, 6.07) is 0. The molecule has 1 heterocycles. The molecular weight excluding hydrogens is 242 g/mol. The molecule has 0 saturated carbocycles. The summed E-state index contributed by atoms with van der Waals surface area (Å²) in [6.07, 6.45) is 0.991. The minimum absolute atomic E-state index is 0.224. The van der Waals surface area contributed by atoms with Crippen molar-refractivity contribution in [3.8, 4) is 0 Å². The summed E-state index contributed by atoms with van der Waals surface area (Å²) in [5.74, 6) is 0.730. The third-order valence-electron chi connectivity index (χ3n) is 2.22. The fourth-order valence-electron chi connectivity index (χ4n) is 1.36. The van der Waals surface area contributed by atoms with Crippen molar-refractivity contribution >= 4 is 26.0 Å². The fourth-order valence-corrected chi connectivity index (χ4v) is 3.07. The summed E-state index contributed by atoms with van der Waals surface area (Å²) in [5, 5.41) is 0.905. The largest absolute Gasteiger partial charge is 0.213 e. The van der Waals surface area contributed by atoms with Crippen LogP contribution in [0, 0.1) is 5.92 Å². The van der Waals surface area contributed by atoms with Crippen LogP contribution in [0.4, 0.5) is 0 Å². The second-order valence-corrected chi connectivity index (χ2v) is 5.97. The molecule has 0 aromatic heterocycles. The van der Waals surface area contributed by atoms with E-state index in [1.165, 1.54) is 0 Å². The van der Waals surface area contributed by atoms with Crippen molar-refractivity contribution in [1.82, 2.24) is 4.31 Å². The van der Waals surface area contributed by atoms with E-state index in [9.17, 15) is 8.42 Å². The molecule has 0 spiro atoms.